The van der Waals surface area contributed by atoms with Crippen molar-refractivity contribution in [1.82, 2.24) is 0 Å². The fraction of sp³-hybridized carbons (Fsp3) is 0.118. The molecular formula is C34H27N. The lowest BCUT2D eigenvalue weighted by Crippen LogP contribution is -2.12. The molecule has 35 heavy (non-hydrogen) atoms. The lowest BCUT2D eigenvalue weighted by atomic mass is 9.89. The normalized spacial score (nSPS) is 13.4. The van der Waals surface area contributed by atoms with Crippen LogP contribution in [-0.4, -0.2) is 0 Å². The zero-order valence-corrected chi connectivity index (χ0v) is 20.1. The van der Waals surface area contributed by atoms with Crippen molar-refractivity contribution in [3.05, 3.63) is 115 Å². The molecule has 1 nitrogen and oxygen atoms in total. The Morgan fingerprint density at radius 1 is 0.514 bits per heavy atom. The second kappa shape index (κ2) is 7.71. The van der Waals surface area contributed by atoms with Crippen LogP contribution in [0, 0.1) is 0 Å². The first-order valence-electron chi connectivity index (χ1n) is 12.6. The van der Waals surface area contributed by atoms with Crippen LogP contribution in [0.2, 0.25) is 0 Å². The molecule has 5 aromatic carbocycles. The minimum absolute atomic E-state index is 0.523. The SMILES string of the molecule is CCC(C)c1ccc2c(c1)-c1ccccc1-c1cccc3c1N2c1ccccc1-c1ccccc1-3. The molecule has 0 radical (unpaired) electrons. The van der Waals surface area contributed by atoms with Crippen LogP contribution in [-0.2, 0) is 0 Å². The van der Waals surface area contributed by atoms with Crippen LogP contribution in [0.3, 0.4) is 0 Å². The molecule has 1 unspecified atom stereocenters. The molecule has 1 heteroatoms. The highest BCUT2D eigenvalue weighted by Crippen LogP contribution is 2.58. The van der Waals surface area contributed by atoms with Gasteiger partial charge in [-0.25, -0.2) is 0 Å². The summed E-state index contributed by atoms with van der Waals surface area (Å²) in [5, 5.41) is 0. The van der Waals surface area contributed by atoms with E-state index < -0.39 is 0 Å². The summed E-state index contributed by atoms with van der Waals surface area (Å²) < 4.78 is 0. The molecule has 0 amide bonds. The van der Waals surface area contributed by atoms with E-state index in [2.05, 4.69) is 128 Å². The fourth-order valence-electron chi connectivity index (χ4n) is 5.90. The Hall–Kier alpha value is -4.10. The lowest BCUT2D eigenvalue weighted by molar-refractivity contribution is 0.734. The Labute approximate surface area is 207 Å². The maximum atomic E-state index is 2.52. The summed E-state index contributed by atoms with van der Waals surface area (Å²) in [6.07, 6.45) is 1.13. The third kappa shape index (κ3) is 2.88. The summed E-state index contributed by atoms with van der Waals surface area (Å²) in [5.74, 6) is 0.523. The summed E-state index contributed by atoms with van der Waals surface area (Å²) in [7, 11) is 0. The van der Waals surface area contributed by atoms with Crippen molar-refractivity contribution in [3.63, 3.8) is 0 Å². The Morgan fingerprint density at radius 2 is 1.00 bits per heavy atom. The largest absolute Gasteiger partial charge is 0.308 e. The van der Waals surface area contributed by atoms with Gasteiger partial charge in [0.05, 0.1) is 17.1 Å². The van der Waals surface area contributed by atoms with E-state index in [-0.39, 0.29) is 0 Å². The first-order chi connectivity index (χ1) is 17.3. The maximum Gasteiger partial charge on any atom is 0.0619 e. The van der Waals surface area contributed by atoms with Crippen molar-refractivity contribution in [2.45, 2.75) is 26.2 Å². The van der Waals surface area contributed by atoms with Gasteiger partial charge in [-0.15, -0.1) is 0 Å². The molecular weight excluding hydrogens is 422 g/mol. The fourth-order valence-corrected chi connectivity index (χ4v) is 5.90. The van der Waals surface area contributed by atoms with Crippen LogP contribution >= 0.6 is 0 Å². The average molecular weight is 450 g/mol. The van der Waals surface area contributed by atoms with E-state index in [1.165, 1.54) is 67.1 Å². The lowest BCUT2D eigenvalue weighted by Gasteiger charge is -2.29. The Bertz CT molecular complexity index is 1610. The van der Waals surface area contributed by atoms with Gasteiger partial charge in [-0.05, 0) is 58.4 Å². The summed E-state index contributed by atoms with van der Waals surface area (Å²) >= 11 is 0. The summed E-state index contributed by atoms with van der Waals surface area (Å²) in [4.78, 5) is 2.52. The van der Waals surface area contributed by atoms with Crippen LogP contribution in [0.25, 0.3) is 44.5 Å². The molecule has 5 aromatic rings. The van der Waals surface area contributed by atoms with Gasteiger partial charge >= 0.3 is 0 Å². The molecule has 7 rings (SSSR count). The Kier molecular flexibility index (Phi) is 4.47. The molecule has 0 aliphatic carbocycles. The van der Waals surface area contributed by atoms with Crippen molar-refractivity contribution >= 4 is 17.1 Å². The first-order valence-corrected chi connectivity index (χ1v) is 12.6. The van der Waals surface area contributed by atoms with Crippen molar-refractivity contribution in [3.8, 4) is 44.5 Å². The minimum Gasteiger partial charge on any atom is -0.308 e. The predicted molar refractivity (Wildman–Crippen MR) is 149 cm³/mol. The van der Waals surface area contributed by atoms with E-state index in [4.69, 9.17) is 0 Å². The van der Waals surface area contributed by atoms with Gasteiger partial charge in [0.2, 0.25) is 0 Å². The molecule has 2 aliphatic rings. The highest BCUT2D eigenvalue weighted by molar-refractivity contribution is 6.11. The molecule has 0 spiro atoms. The average Bonchev–Trinajstić information content (AvgIpc) is 3.13. The van der Waals surface area contributed by atoms with Gasteiger partial charge < -0.3 is 4.90 Å². The van der Waals surface area contributed by atoms with Gasteiger partial charge in [0.25, 0.3) is 0 Å². The number of fused-ring (bicyclic) bond motifs is 10. The quantitative estimate of drug-likeness (QED) is 0.254. The van der Waals surface area contributed by atoms with E-state index in [0.717, 1.165) is 6.42 Å². The highest BCUT2D eigenvalue weighted by Gasteiger charge is 2.32. The molecule has 0 aromatic heterocycles. The number of hydrogen-bond donors (Lipinski definition) is 0. The van der Waals surface area contributed by atoms with Gasteiger partial charge in [-0.2, -0.15) is 0 Å². The van der Waals surface area contributed by atoms with E-state index in [1.807, 2.05) is 0 Å². The van der Waals surface area contributed by atoms with Crippen LogP contribution < -0.4 is 4.90 Å². The van der Waals surface area contributed by atoms with Crippen LogP contribution in [0.5, 0.6) is 0 Å². The molecule has 2 heterocycles. The number of anilines is 3. The predicted octanol–water partition coefficient (Wildman–Crippen LogP) is 9.96. The molecule has 0 fully saturated rings. The Balaban J connectivity index is 1.68. The first kappa shape index (κ1) is 20.3. The van der Waals surface area contributed by atoms with E-state index in [0.29, 0.717) is 5.92 Å². The van der Waals surface area contributed by atoms with Gasteiger partial charge in [-0.1, -0.05) is 105 Å². The van der Waals surface area contributed by atoms with E-state index >= 15 is 0 Å². The highest BCUT2D eigenvalue weighted by atomic mass is 15.2. The zero-order valence-electron chi connectivity index (χ0n) is 20.1. The van der Waals surface area contributed by atoms with E-state index in [1.54, 1.807) is 0 Å². The van der Waals surface area contributed by atoms with Crippen LogP contribution in [0.15, 0.2) is 109 Å². The van der Waals surface area contributed by atoms with Gasteiger partial charge in [-0.3, -0.25) is 0 Å². The molecule has 0 N–H and O–H groups in total. The van der Waals surface area contributed by atoms with Crippen LogP contribution in [0.1, 0.15) is 31.7 Å². The monoisotopic (exact) mass is 449 g/mol. The number of rotatable bonds is 2. The summed E-state index contributed by atoms with van der Waals surface area (Å²) in [6, 6.07) is 40.6. The smallest absolute Gasteiger partial charge is 0.0619 e. The standard InChI is InChI=1S/C34H27N/c1-3-22(2)23-19-20-33-31(21-23)27-14-7-6-13-26(27)30-17-10-16-29-25-12-5-4-11-24(25)28-15-8-9-18-32(28)35(33)34(29)30/h4-22H,3H2,1-2H3. The summed E-state index contributed by atoms with van der Waals surface area (Å²) in [6.45, 7) is 4.60. The van der Waals surface area contributed by atoms with Crippen molar-refractivity contribution < 1.29 is 0 Å². The van der Waals surface area contributed by atoms with Gasteiger partial charge in [0.1, 0.15) is 0 Å². The third-order valence-corrected chi connectivity index (χ3v) is 7.86. The number of hydrogen-bond acceptors (Lipinski definition) is 1. The topological polar surface area (TPSA) is 3.24 Å². The minimum atomic E-state index is 0.523. The van der Waals surface area contributed by atoms with Crippen molar-refractivity contribution in [1.29, 1.82) is 0 Å². The number of nitrogens with zero attached hydrogens (tertiary/aromatic N) is 1. The zero-order chi connectivity index (χ0) is 23.5. The van der Waals surface area contributed by atoms with E-state index in [9.17, 15) is 0 Å². The van der Waals surface area contributed by atoms with Gasteiger partial charge in [0, 0.05) is 22.3 Å². The molecule has 168 valence electrons. The van der Waals surface area contributed by atoms with Crippen LogP contribution in [0.4, 0.5) is 17.1 Å². The van der Waals surface area contributed by atoms with Gasteiger partial charge in [0.15, 0.2) is 0 Å². The van der Waals surface area contributed by atoms with Crippen molar-refractivity contribution in [2.24, 2.45) is 0 Å². The number of benzene rings is 5. The Morgan fingerprint density at radius 3 is 1.63 bits per heavy atom. The summed E-state index contributed by atoms with van der Waals surface area (Å²) in [5.41, 5.74) is 15.5. The maximum absolute atomic E-state index is 2.52. The molecule has 1 atom stereocenters. The molecule has 0 saturated heterocycles. The second-order valence-corrected chi connectivity index (χ2v) is 9.73. The molecule has 0 bridgehead atoms. The molecule has 0 saturated carbocycles. The second-order valence-electron chi connectivity index (χ2n) is 9.73. The molecule has 2 aliphatic heterocycles. The number of para-hydroxylation sites is 2. The third-order valence-electron chi connectivity index (χ3n) is 7.86. The van der Waals surface area contributed by atoms with Crippen molar-refractivity contribution in [2.75, 3.05) is 4.90 Å².